The lowest BCUT2D eigenvalue weighted by atomic mass is 9.85. The van der Waals surface area contributed by atoms with E-state index in [0.717, 1.165) is 12.8 Å². The van der Waals surface area contributed by atoms with Gasteiger partial charge in [0.2, 0.25) is 11.8 Å². The van der Waals surface area contributed by atoms with Crippen LogP contribution in [0.1, 0.15) is 46.5 Å². The average Bonchev–Trinajstić information content (AvgIpc) is 3.17. The van der Waals surface area contributed by atoms with Gasteiger partial charge in [-0.1, -0.05) is 36.7 Å². The van der Waals surface area contributed by atoms with Gasteiger partial charge in [0.15, 0.2) is 0 Å². The summed E-state index contributed by atoms with van der Waals surface area (Å²) >= 11 is 3.25. The van der Waals surface area contributed by atoms with Crippen molar-refractivity contribution >= 4 is 44.0 Å². The van der Waals surface area contributed by atoms with Crippen molar-refractivity contribution in [2.75, 3.05) is 6.54 Å². The summed E-state index contributed by atoms with van der Waals surface area (Å²) in [4.78, 5) is 39.6. The van der Waals surface area contributed by atoms with Gasteiger partial charge in [-0.3, -0.25) is 13.8 Å². The Bertz CT molecular complexity index is 1130. The smallest absolute Gasteiger partial charge is 0.408 e. The van der Waals surface area contributed by atoms with Crippen LogP contribution in [0.5, 0.6) is 0 Å². The number of alkyl carbamates (subject to hydrolysis) is 1. The van der Waals surface area contributed by atoms with Gasteiger partial charge >= 0.3 is 6.09 Å². The van der Waals surface area contributed by atoms with Gasteiger partial charge in [-0.25, -0.2) is 4.79 Å². The zero-order valence-corrected chi connectivity index (χ0v) is 22.9. The maximum Gasteiger partial charge on any atom is 0.408 e. The van der Waals surface area contributed by atoms with Crippen LogP contribution in [0.3, 0.4) is 0 Å². The van der Waals surface area contributed by atoms with Gasteiger partial charge in [-0.05, 0) is 60.8 Å². The molecule has 3 fully saturated rings. The number of amides is 3. The first-order valence-electron chi connectivity index (χ1n) is 12.0. The number of ether oxygens (including phenoxy) is 1. The molecule has 2 unspecified atom stereocenters. The average molecular weight is 587 g/mol. The van der Waals surface area contributed by atoms with E-state index < -0.39 is 51.6 Å². The fourth-order valence-electron chi connectivity index (χ4n) is 5.09. The van der Waals surface area contributed by atoms with E-state index in [4.69, 9.17) is 14.7 Å². The zero-order chi connectivity index (χ0) is 26.4. The van der Waals surface area contributed by atoms with Crippen LogP contribution in [-0.4, -0.2) is 62.1 Å². The van der Waals surface area contributed by atoms with E-state index in [0.29, 0.717) is 16.3 Å². The summed E-state index contributed by atoms with van der Waals surface area (Å²) in [6, 6.07) is 3.82. The number of likely N-dealkylation sites (tertiary alicyclic amines) is 1. The molecule has 0 bridgehead atoms. The highest BCUT2D eigenvalue weighted by atomic mass is 79.9. The summed E-state index contributed by atoms with van der Waals surface area (Å²) in [6.45, 7) is 5.17. The lowest BCUT2D eigenvalue weighted by Gasteiger charge is -2.35. The SMILES string of the molecule is CC(C)(C)[C@H](NC(=O)OC1CC2C[C@H]2C1)C(=O)N1C[C@@H](OS(=O)(=O)c2ccc(Br)cc2)C[C@H]1C(N)=O. The van der Waals surface area contributed by atoms with Gasteiger partial charge in [-0.15, -0.1) is 0 Å². The molecule has 36 heavy (non-hydrogen) atoms. The predicted octanol–water partition coefficient (Wildman–Crippen LogP) is 2.55. The third kappa shape index (κ3) is 6.03. The Morgan fingerprint density at radius 3 is 2.22 bits per heavy atom. The van der Waals surface area contributed by atoms with Crippen LogP contribution in [0.2, 0.25) is 0 Å². The number of fused-ring (bicyclic) bond motifs is 1. The minimum Gasteiger partial charge on any atom is -0.446 e. The van der Waals surface area contributed by atoms with Crippen molar-refractivity contribution in [3.63, 3.8) is 0 Å². The zero-order valence-electron chi connectivity index (χ0n) is 20.5. The Hall–Kier alpha value is -2.18. The number of hydrogen-bond donors (Lipinski definition) is 2. The summed E-state index contributed by atoms with van der Waals surface area (Å²) in [7, 11) is -4.14. The first-order chi connectivity index (χ1) is 16.7. The fraction of sp³-hybridized carbons (Fsp3) is 0.625. The number of halogens is 1. The maximum atomic E-state index is 13.6. The molecule has 12 heteroatoms. The van der Waals surface area contributed by atoms with Crippen LogP contribution >= 0.6 is 15.9 Å². The summed E-state index contributed by atoms with van der Waals surface area (Å²) in [6.07, 6.45) is 0.976. The molecule has 3 N–H and O–H groups in total. The van der Waals surface area contributed by atoms with Crippen molar-refractivity contribution in [2.24, 2.45) is 23.0 Å². The number of rotatable bonds is 7. The van der Waals surface area contributed by atoms with E-state index in [1.54, 1.807) is 32.9 Å². The fourth-order valence-corrected chi connectivity index (χ4v) is 6.43. The van der Waals surface area contributed by atoms with E-state index in [-0.39, 0.29) is 24.0 Å². The van der Waals surface area contributed by atoms with E-state index >= 15 is 0 Å². The number of hydrogen-bond acceptors (Lipinski definition) is 7. The topological polar surface area (TPSA) is 145 Å². The second-order valence-corrected chi connectivity index (χ2v) is 13.5. The summed E-state index contributed by atoms with van der Waals surface area (Å²) in [5, 5.41) is 2.68. The molecular weight excluding hydrogens is 554 g/mol. The van der Waals surface area contributed by atoms with Crippen molar-refractivity contribution in [1.82, 2.24) is 10.2 Å². The van der Waals surface area contributed by atoms with Gasteiger partial charge < -0.3 is 20.7 Å². The van der Waals surface area contributed by atoms with Crippen LogP contribution in [-0.2, 0) is 28.6 Å². The van der Waals surface area contributed by atoms with Gasteiger partial charge in [0.1, 0.15) is 18.2 Å². The number of carbonyl (C=O) groups is 3. The highest BCUT2D eigenvalue weighted by Gasteiger charge is 2.49. The summed E-state index contributed by atoms with van der Waals surface area (Å²) in [5.41, 5.74) is 4.84. The van der Waals surface area contributed by atoms with Crippen LogP contribution in [0.4, 0.5) is 4.79 Å². The molecule has 0 radical (unpaired) electrons. The van der Waals surface area contributed by atoms with Crippen molar-refractivity contribution in [1.29, 1.82) is 0 Å². The third-order valence-electron chi connectivity index (χ3n) is 7.09. The van der Waals surface area contributed by atoms with Crippen molar-refractivity contribution < 1.29 is 31.7 Å². The van der Waals surface area contributed by atoms with Crippen molar-refractivity contribution in [3.05, 3.63) is 28.7 Å². The van der Waals surface area contributed by atoms with Crippen LogP contribution < -0.4 is 11.1 Å². The van der Waals surface area contributed by atoms with Crippen molar-refractivity contribution in [3.8, 4) is 0 Å². The molecule has 1 saturated heterocycles. The minimum atomic E-state index is -4.14. The Kier molecular flexibility index (Phi) is 7.42. The second-order valence-electron chi connectivity index (χ2n) is 11.0. The van der Waals surface area contributed by atoms with Gasteiger partial charge in [0, 0.05) is 17.4 Å². The summed E-state index contributed by atoms with van der Waals surface area (Å²) < 4.78 is 37.1. The molecule has 2 aliphatic carbocycles. The minimum absolute atomic E-state index is 0.0485. The Morgan fingerprint density at radius 2 is 1.67 bits per heavy atom. The number of primary amides is 1. The van der Waals surface area contributed by atoms with Crippen LogP contribution in [0.15, 0.2) is 33.6 Å². The molecule has 1 heterocycles. The molecule has 3 amide bonds. The molecule has 1 aromatic rings. The monoisotopic (exact) mass is 585 g/mol. The first kappa shape index (κ1) is 26.9. The molecule has 2 saturated carbocycles. The largest absolute Gasteiger partial charge is 0.446 e. The molecule has 0 spiro atoms. The maximum absolute atomic E-state index is 13.6. The van der Waals surface area contributed by atoms with E-state index in [1.165, 1.54) is 23.5 Å². The van der Waals surface area contributed by atoms with Gasteiger partial charge in [0.05, 0.1) is 11.0 Å². The number of nitrogens with zero attached hydrogens (tertiary/aromatic N) is 1. The molecule has 6 atom stereocenters. The number of nitrogens with one attached hydrogen (secondary N) is 1. The summed E-state index contributed by atoms with van der Waals surface area (Å²) in [5.74, 6) is -0.0654. The number of nitrogens with two attached hydrogens (primary N) is 1. The number of carbonyl (C=O) groups excluding carboxylic acids is 3. The lowest BCUT2D eigenvalue weighted by molar-refractivity contribution is -0.141. The molecule has 10 nitrogen and oxygen atoms in total. The quantitative estimate of drug-likeness (QED) is 0.467. The molecule has 198 valence electrons. The van der Waals surface area contributed by atoms with Crippen LogP contribution in [0, 0.1) is 17.3 Å². The molecule has 1 aliphatic heterocycles. The molecule has 1 aromatic carbocycles. The van der Waals surface area contributed by atoms with Crippen molar-refractivity contribution in [2.45, 2.75) is 75.6 Å². The predicted molar refractivity (Wildman–Crippen MR) is 133 cm³/mol. The molecular formula is C24H32BrN3O7S. The Labute approximate surface area is 219 Å². The molecule has 3 aliphatic rings. The van der Waals surface area contributed by atoms with Gasteiger partial charge in [-0.2, -0.15) is 8.42 Å². The van der Waals surface area contributed by atoms with Crippen LogP contribution in [0.25, 0.3) is 0 Å². The first-order valence-corrected chi connectivity index (χ1v) is 14.2. The standard InChI is InChI=1S/C24H32BrN3O7S/c1-24(2,3)20(27-23(31)34-16-9-13-8-14(13)10-16)22(30)28-12-17(11-19(28)21(26)29)35-36(32,33)18-6-4-15(25)5-7-18/h4-7,13-14,16-17,19-20H,8-12H2,1-3H3,(H2,26,29)(H,27,31)/t13-,14?,16?,17-,19-,20+/m0/s1. The Balaban J connectivity index is 1.45. The highest BCUT2D eigenvalue weighted by molar-refractivity contribution is 9.10. The third-order valence-corrected chi connectivity index (χ3v) is 8.99. The van der Waals surface area contributed by atoms with E-state index in [9.17, 15) is 22.8 Å². The lowest BCUT2D eigenvalue weighted by Crippen LogP contribution is -2.57. The van der Waals surface area contributed by atoms with E-state index in [2.05, 4.69) is 21.2 Å². The van der Waals surface area contributed by atoms with Gasteiger partial charge in [0.25, 0.3) is 10.1 Å². The Morgan fingerprint density at radius 1 is 1.06 bits per heavy atom. The second kappa shape index (κ2) is 9.94. The van der Waals surface area contributed by atoms with E-state index in [1.807, 2.05) is 0 Å². The normalized spacial score (nSPS) is 28.3. The highest BCUT2D eigenvalue weighted by Crippen LogP contribution is 2.52. The molecule has 4 rings (SSSR count). The molecule has 0 aromatic heterocycles. The number of benzene rings is 1.